The summed E-state index contributed by atoms with van der Waals surface area (Å²) in [5.74, 6) is 0. The number of nitrogens with two attached hydrogens (primary N) is 1. The Morgan fingerprint density at radius 2 is 1.00 bits per heavy atom. The SMILES string of the molecule is CCCCCCCCCCCCCCCC(N)C(C)(C)CC.Cl. The molecular weight excluding hydrogens is 302 g/mol. The van der Waals surface area contributed by atoms with Crippen LogP contribution in [0.25, 0.3) is 0 Å². The largest absolute Gasteiger partial charge is 0.327 e. The molecule has 0 saturated carbocycles. The summed E-state index contributed by atoms with van der Waals surface area (Å²) in [6.07, 6.45) is 20.9. The van der Waals surface area contributed by atoms with Crippen LogP contribution in [-0.2, 0) is 0 Å². The van der Waals surface area contributed by atoms with Gasteiger partial charge in [-0.2, -0.15) is 0 Å². The first kappa shape index (κ1) is 25.5. The molecule has 2 heteroatoms. The highest BCUT2D eigenvalue weighted by Crippen LogP contribution is 2.26. The predicted octanol–water partition coefficient (Wildman–Crippen LogP) is 7.65. The maximum absolute atomic E-state index is 6.30. The van der Waals surface area contributed by atoms with Crippen molar-refractivity contribution < 1.29 is 0 Å². The monoisotopic (exact) mass is 347 g/mol. The van der Waals surface area contributed by atoms with Gasteiger partial charge in [0.1, 0.15) is 0 Å². The molecule has 0 aliphatic carbocycles. The highest BCUT2D eigenvalue weighted by molar-refractivity contribution is 5.85. The summed E-state index contributed by atoms with van der Waals surface area (Å²) in [7, 11) is 0. The average molecular weight is 348 g/mol. The molecule has 0 aliphatic rings. The molecule has 0 rings (SSSR count). The van der Waals surface area contributed by atoms with E-state index < -0.39 is 0 Å². The van der Waals surface area contributed by atoms with Crippen molar-refractivity contribution in [3.63, 3.8) is 0 Å². The molecule has 0 fully saturated rings. The van der Waals surface area contributed by atoms with E-state index in [1.54, 1.807) is 0 Å². The second kappa shape index (κ2) is 17.1. The van der Waals surface area contributed by atoms with Crippen molar-refractivity contribution in [2.45, 2.75) is 130 Å². The number of unbranched alkanes of at least 4 members (excludes halogenated alkanes) is 12. The maximum Gasteiger partial charge on any atom is 0.00901 e. The zero-order valence-electron chi connectivity index (χ0n) is 16.7. The van der Waals surface area contributed by atoms with E-state index in [-0.39, 0.29) is 12.4 Å². The minimum atomic E-state index is 0. The van der Waals surface area contributed by atoms with Gasteiger partial charge in [0, 0.05) is 6.04 Å². The molecule has 1 unspecified atom stereocenters. The van der Waals surface area contributed by atoms with Crippen LogP contribution in [0, 0.1) is 5.41 Å². The summed E-state index contributed by atoms with van der Waals surface area (Å²) in [5.41, 5.74) is 6.62. The van der Waals surface area contributed by atoms with Gasteiger partial charge in [0.15, 0.2) is 0 Å². The van der Waals surface area contributed by atoms with Gasteiger partial charge in [-0.25, -0.2) is 0 Å². The first-order chi connectivity index (χ1) is 10.5. The quantitative estimate of drug-likeness (QED) is 0.285. The normalized spacial score (nSPS) is 12.9. The van der Waals surface area contributed by atoms with Crippen LogP contribution in [0.4, 0.5) is 0 Å². The Balaban J connectivity index is 0. The van der Waals surface area contributed by atoms with Crippen LogP contribution < -0.4 is 5.73 Å². The Morgan fingerprint density at radius 1 is 0.652 bits per heavy atom. The third-order valence-electron chi connectivity index (χ3n) is 5.53. The van der Waals surface area contributed by atoms with Gasteiger partial charge in [0.25, 0.3) is 0 Å². The topological polar surface area (TPSA) is 26.0 Å². The molecule has 0 aromatic heterocycles. The first-order valence-corrected chi connectivity index (χ1v) is 10.3. The van der Waals surface area contributed by atoms with Crippen molar-refractivity contribution in [2.24, 2.45) is 11.1 Å². The third-order valence-corrected chi connectivity index (χ3v) is 5.53. The number of halogens is 1. The Kier molecular flexibility index (Phi) is 18.9. The molecule has 1 atom stereocenters. The number of hydrogen-bond acceptors (Lipinski definition) is 1. The molecule has 0 radical (unpaired) electrons. The van der Waals surface area contributed by atoms with Crippen LogP contribution in [0.2, 0.25) is 0 Å². The minimum absolute atomic E-state index is 0. The molecule has 0 aliphatic heterocycles. The lowest BCUT2D eigenvalue weighted by Crippen LogP contribution is -2.36. The van der Waals surface area contributed by atoms with Gasteiger partial charge in [0.2, 0.25) is 0 Å². The van der Waals surface area contributed by atoms with Gasteiger partial charge in [-0.3, -0.25) is 0 Å². The lowest BCUT2D eigenvalue weighted by molar-refractivity contribution is 0.257. The van der Waals surface area contributed by atoms with Crippen molar-refractivity contribution in [1.29, 1.82) is 0 Å². The van der Waals surface area contributed by atoms with Gasteiger partial charge >= 0.3 is 0 Å². The van der Waals surface area contributed by atoms with Gasteiger partial charge < -0.3 is 5.73 Å². The minimum Gasteiger partial charge on any atom is -0.327 e. The second-order valence-corrected chi connectivity index (χ2v) is 7.98. The Bertz CT molecular complexity index is 228. The van der Waals surface area contributed by atoms with Crippen LogP contribution in [0.5, 0.6) is 0 Å². The Morgan fingerprint density at radius 3 is 1.35 bits per heavy atom. The van der Waals surface area contributed by atoms with E-state index in [0.717, 1.165) is 0 Å². The molecular formula is C21H46ClN. The van der Waals surface area contributed by atoms with Crippen LogP contribution in [0.3, 0.4) is 0 Å². The zero-order chi connectivity index (χ0) is 16.7. The molecule has 142 valence electrons. The molecule has 0 amide bonds. The molecule has 0 aromatic carbocycles. The fourth-order valence-electron chi connectivity index (χ4n) is 3.03. The highest BCUT2D eigenvalue weighted by Gasteiger charge is 2.23. The van der Waals surface area contributed by atoms with Gasteiger partial charge in [-0.15, -0.1) is 12.4 Å². The lowest BCUT2D eigenvalue weighted by atomic mass is 9.80. The van der Waals surface area contributed by atoms with Gasteiger partial charge in [-0.05, 0) is 18.3 Å². The van der Waals surface area contributed by atoms with Crippen molar-refractivity contribution in [2.75, 3.05) is 0 Å². The molecule has 0 bridgehead atoms. The van der Waals surface area contributed by atoms with Crippen LogP contribution in [0.15, 0.2) is 0 Å². The third kappa shape index (κ3) is 15.5. The second-order valence-electron chi connectivity index (χ2n) is 7.98. The highest BCUT2D eigenvalue weighted by atomic mass is 35.5. The average Bonchev–Trinajstić information content (AvgIpc) is 2.51. The standard InChI is InChI=1S/C21H45N.ClH/c1-5-7-8-9-10-11-12-13-14-15-16-17-18-19-20(22)21(3,4)6-2;/h20H,5-19,22H2,1-4H3;1H. The van der Waals surface area contributed by atoms with Crippen LogP contribution in [-0.4, -0.2) is 6.04 Å². The maximum atomic E-state index is 6.30. The fraction of sp³-hybridized carbons (Fsp3) is 1.00. The van der Waals surface area contributed by atoms with Crippen LogP contribution >= 0.6 is 12.4 Å². The summed E-state index contributed by atoms with van der Waals surface area (Å²) in [4.78, 5) is 0. The lowest BCUT2D eigenvalue weighted by Gasteiger charge is -2.30. The van der Waals surface area contributed by atoms with E-state index >= 15 is 0 Å². The number of hydrogen-bond donors (Lipinski definition) is 1. The molecule has 1 nitrogen and oxygen atoms in total. The van der Waals surface area contributed by atoms with E-state index in [2.05, 4.69) is 27.7 Å². The van der Waals surface area contributed by atoms with E-state index in [1.165, 1.54) is 96.3 Å². The predicted molar refractivity (Wildman–Crippen MR) is 110 cm³/mol. The summed E-state index contributed by atoms with van der Waals surface area (Å²) in [5, 5.41) is 0. The first-order valence-electron chi connectivity index (χ1n) is 10.3. The molecule has 0 aromatic rings. The fourth-order valence-corrected chi connectivity index (χ4v) is 3.03. The Labute approximate surface area is 154 Å². The summed E-state index contributed by atoms with van der Waals surface area (Å²) >= 11 is 0. The molecule has 2 N–H and O–H groups in total. The summed E-state index contributed by atoms with van der Waals surface area (Å²) < 4.78 is 0. The summed E-state index contributed by atoms with van der Waals surface area (Å²) in [6, 6.07) is 0.380. The van der Waals surface area contributed by atoms with Crippen molar-refractivity contribution >= 4 is 12.4 Å². The Hall–Kier alpha value is 0.250. The van der Waals surface area contributed by atoms with Crippen molar-refractivity contribution in [3.8, 4) is 0 Å². The summed E-state index contributed by atoms with van der Waals surface area (Å²) in [6.45, 7) is 9.15. The number of rotatable bonds is 16. The smallest absolute Gasteiger partial charge is 0.00901 e. The zero-order valence-corrected chi connectivity index (χ0v) is 17.5. The van der Waals surface area contributed by atoms with Crippen LogP contribution in [0.1, 0.15) is 124 Å². The van der Waals surface area contributed by atoms with Crippen molar-refractivity contribution in [3.05, 3.63) is 0 Å². The van der Waals surface area contributed by atoms with E-state index in [4.69, 9.17) is 5.73 Å². The molecule has 0 heterocycles. The molecule has 23 heavy (non-hydrogen) atoms. The molecule has 0 saturated heterocycles. The van der Waals surface area contributed by atoms with E-state index in [9.17, 15) is 0 Å². The molecule has 0 spiro atoms. The van der Waals surface area contributed by atoms with Gasteiger partial charge in [-0.1, -0.05) is 111 Å². The van der Waals surface area contributed by atoms with E-state index in [1.807, 2.05) is 0 Å². The van der Waals surface area contributed by atoms with Gasteiger partial charge in [0.05, 0.1) is 0 Å². The van der Waals surface area contributed by atoms with Crippen molar-refractivity contribution in [1.82, 2.24) is 0 Å². The van der Waals surface area contributed by atoms with E-state index in [0.29, 0.717) is 11.5 Å².